The SMILES string of the molecule is C.C.C.C.C.C.C.C.C.CC.CC.CC.CC.CC.CC.CC.CC.CC.CC.CCC.CCC.CCC.CN[C@@H](CS)C(C)=O.CN[C@@H](CS)C(C)=O.Cc1ccc2ncc[n+](C)c2c1.Cc1ccc2ncc[n+](C)c2c1.Cc1ccc2ncc[n+](C)c2c1. The first-order chi connectivity index (χ1) is 39.0. The van der Waals surface area contributed by atoms with Crippen molar-refractivity contribution in [3.63, 3.8) is 0 Å². The van der Waals surface area contributed by atoms with Crippen LogP contribution in [0.4, 0.5) is 0 Å². The van der Waals surface area contributed by atoms with Gasteiger partial charge in [0.25, 0.3) is 0 Å². The van der Waals surface area contributed by atoms with Crippen molar-refractivity contribution in [2.45, 2.75) is 313 Å². The van der Waals surface area contributed by atoms with Gasteiger partial charge in [0.15, 0.2) is 18.6 Å². The minimum atomic E-state index is -0.0710. The molecule has 0 saturated carbocycles. The molecule has 90 heavy (non-hydrogen) atoms. The van der Waals surface area contributed by atoms with Gasteiger partial charge in [-0.3, -0.25) is 9.59 Å². The van der Waals surface area contributed by atoms with Gasteiger partial charge in [-0.05, 0) is 83.6 Å². The van der Waals surface area contributed by atoms with E-state index in [9.17, 15) is 9.59 Å². The minimum absolute atomic E-state index is 0. The van der Waals surface area contributed by atoms with E-state index in [1.807, 2.05) is 215 Å². The van der Waals surface area contributed by atoms with Crippen molar-refractivity contribution in [1.82, 2.24) is 25.6 Å². The van der Waals surface area contributed by atoms with Gasteiger partial charge in [-0.1, -0.05) is 284 Å². The molecule has 3 aromatic heterocycles. The molecule has 10 nitrogen and oxygen atoms in total. The Hall–Kier alpha value is -4.36. The molecule has 0 aliphatic heterocycles. The van der Waals surface area contributed by atoms with E-state index in [0.29, 0.717) is 11.5 Å². The highest BCUT2D eigenvalue weighted by Crippen LogP contribution is 2.09. The number of nitrogens with zero attached hydrogens (tertiary/aromatic N) is 6. The molecule has 6 aromatic rings. The number of nitrogens with one attached hydrogen (secondary N) is 2. The normalized spacial score (nSPS) is 7.84. The van der Waals surface area contributed by atoms with Crippen LogP contribution in [-0.2, 0) is 30.7 Å². The Morgan fingerprint density at radius 3 is 0.644 bits per heavy atom. The molecule has 3 aromatic carbocycles. The van der Waals surface area contributed by atoms with E-state index in [2.05, 4.69) is 163 Å². The van der Waals surface area contributed by atoms with E-state index in [1.54, 1.807) is 27.9 Å². The zero-order valence-corrected chi connectivity index (χ0v) is 62.0. The molecule has 0 fully saturated rings. The van der Waals surface area contributed by atoms with Crippen LogP contribution in [0.2, 0.25) is 0 Å². The third-order valence-corrected chi connectivity index (χ3v) is 8.82. The molecule has 0 amide bonds. The summed E-state index contributed by atoms with van der Waals surface area (Å²) in [6, 6.07) is 18.7. The molecule has 0 spiro atoms. The average Bonchev–Trinajstić information content (AvgIpc) is 3.51. The van der Waals surface area contributed by atoms with Crippen LogP contribution in [0, 0.1) is 20.8 Å². The van der Waals surface area contributed by atoms with Gasteiger partial charge in [-0.25, -0.2) is 15.0 Å². The van der Waals surface area contributed by atoms with Gasteiger partial charge in [-0.15, -0.1) is 0 Å². The molecule has 2 atom stereocenters. The Labute approximate surface area is 583 Å². The standard InChI is InChI=1S/3C10H11N2.2C5H11NOS.3C3H8.10C2H6.9CH4/c3*1-8-3-4-9-10(7-8)12(2)6-5-11-9;2*1-4(7)5(3-8)6-2;3*1-3-2;10*1-2;;;;;;;;;/h3*3-7H,1-2H3;2*5-6,8H,3H2,1-2H3;3*3H2,1-2H3;10*1-2H3;9*1H4/q3*+1;;;;;;;;;;;;;;;;;;;;;;;;/t;;;2*5-;;;;;;;;;;;;;;;;;;;;;;/m...00....................../s1. The maximum absolute atomic E-state index is 10.5. The molecule has 12 heteroatoms. The van der Waals surface area contributed by atoms with E-state index in [0.717, 1.165) is 16.6 Å². The molecular weight excluding hydrogens is 1150 g/mol. The molecule has 0 saturated heterocycles. The smallest absolute Gasteiger partial charge is 0.231 e. The van der Waals surface area contributed by atoms with Crippen LogP contribution in [0.15, 0.2) is 91.8 Å². The molecule has 0 unspecified atom stereocenters. The topological polar surface area (TPSA) is 109 Å². The first-order valence-electron chi connectivity index (χ1n) is 31.2. The van der Waals surface area contributed by atoms with Crippen molar-refractivity contribution in [3.05, 3.63) is 108 Å². The number of thiol groups is 2. The van der Waals surface area contributed by atoms with Crippen molar-refractivity contribution in [2.75, 3.05) is 25.6 Å². The van der Waals surface area contributed by atoms with Gasteiger partial charge in [0, 0.05) is 29.7 Å². The van der Waals surface area contributed by atoms with Crippen LogP contribution in [0.25, 0.3) is 33.1 Å². The number of benzene rings is 3. The number of aromatic nitrogens is 6. The van der Waals surface area contributed by atoms with E-state index >= 15 is 0 Å². The van der Waals surface area contributed by atoms with Gasteiger partial charge >= 0.3 is 0 Å². The number of hydrogen-bond donors (Lipinski definition) is 4. The summed E-state index contributed by atoms with van der Waals surface area (Å²) in [6.45, 7) is 62.1. The van der Waals surface area contributed by atoms with Gasteiger partial charge in [0.2, 0.25) is 16.6 Å². The second-order valence-corrected chi connectivity index (χ2v) is 15.2. The fraction of sp³-hybridized carbons (Fsp3) is 0.667. The van der Waals surface area contributed by atoms with Crippen molar-refractivity contribution < 1.29 is 23.3 Å². The number of aryl methyl sites for hydroxylation is 6. The summed E-state index contributed by atoms with van der Waals surface area (Å²) >= 11 is 7.90. The minimum Gasteiger partial charge on any atom is -0.310 e. The van der Waals surface area contributed by atoms with E-state index in [-0.39, 0.29) is 90.5 Å². The number of likely N-dealkylation sites (N-methyl/N-ethyl adjacent to an activating group) is 2. The van der Waals surface area contributed by atoms with Crippen LogP contribution in [0.5, 0.6) is 0 Å². The highest BCUT2D eigenvalue weighted by molar-refractivity contribution is 7.80. The highest BCUT2D eigenvalue weighted by atomic mass is 32.1. The molecule has 0 radical (unpaired) electrons. The third kappa shape index (κ3) is 87.8. The highest BCUT2D eigenvalue weighted by Gasteiger charge is 2.08. The van der Waals surface area contributed by atoms with Crippen molar-refractivity contribution in [2.24, 2.45) is 21.1 Å². The van der Waals surface area contributed by atoms with Crippen LogP contribution in [0.3, 0.4) is 0 Å². The fourth-order valence-corrected chi connectivity index (χ4v) is 5.68. The van der Waals surface area contributed by atoms with Gasteiger partial charge in [0.1, 0.15) is 49.3 Å². The van der Waals surface area contributed by atoms with E-state index in [4.69, 9.17) is 0 Å². The number of Topliss-reactive ketones (excluding diaryl/α,β-unsaturated/α-hetero) is 2. The Morgan fingerprint density at radius 2 is 0.533 bits per heavy atom. The predicted molar refractivity (Wildman–Crippen MR) is 440 cm³/mol. The first kappa shape index (κ1) is 147. The Balaban J connectivity index is -0.0000000310. The number of ketones is 2. The van der Waals surface area contributed by atoms with Gasteiger partial charge < -0.3 is 10.6 Å². The van der Waals surface area contributed by atoms with E-state index in [1.165, 1.54) is 52.5 Å². The van der Waals surface area contributed by atoms with Crippen molar-refractivity contribution in [3.8, 4) is 0 Å². The number of carbonyl (C=O) groups is 2. The second-order valence-electron chi connectivity index (χ2n) is 14.5. The van der Waals surface area contributed by atoms with Crippen LogP contribution < -0.4 is 24.3 Å². The molecule has 0 aliphatic carbocycles. The maximum atomic E-state index is 10.5. The Morgan fingerprint density at radius 1 is 0.378 bits per heavy atom. The maximum Gasteiger partial charge on any atom is 0.231 e. The zero-order chi connectivity index (χ0) is 66.9. The molecular formula is C78H175N8O2S2+3. The molecule has 3 heterocycles. The van der Waals surface area contributed by atoms with Crippen LogP contribution in [0.1, 0.15) is 297 Å². The summed E-state index contributed by atoms with van der Waals surface area (Å²) in [5.41, 5.74) is 10.5. The monoisotopic (exact) mass is 1320 g/mol. The molecule has 548 valence electrons. The lowest BCUT2D eigenvalue weighted by atomic mass is 10.2. The van der Waals surface area contributed by atoms with Gasteiger partial charge in [0.05, 0.1) is 30.7 Å². The summed E-state index contributed by atoms with van der Waals surface area (Å²) < 4.78 is 6.24. The Bertz CT molecular complexity index is 1890. The molecule has 0 bridgehead atoms. The average molecular weight is 1320 g/mol. The van der Waals surface area contributed by atoms with Gasteiger partial charge in [-0.2, -0.15) is 39.0 Å². The van der Waals surface area contributed by atoms with Crippen molar-refractivity contribution in [1.29, 1.82) is 0 Å². The lowest BCUT2D eigenvalue weighted by Crippen LogP contribution is -2.33. The fourth-order valence-electron chi connectivity index (χ4n) is 4.80. The van der Waals surface area contributed by atoms with Crippen LogP contribution in [-0.4, -0.2) is 64.2 Å². The summed E-state index contributed by atoms with van der Waals surface area (Å²) in [6.07, 6.45) is 15.1. The lowest BCUT2D eigenvalue weighted by Gasteiger charge is -2.06. The quantitative estimate of drug-likeness (QED) is 0.0972. The zero-order valence-electron chi connectivity index (χ0n) is 60.2. The molecule has 6 rings (SSSR count). The molecule has 0 aliphatic rings. The van der Waals surface area contributed by atoms with Crippen molar-refractivity contribution >= 4 is 69.9 Å². The summed E-state index contributed by atoms with van der Waals surface area (Å²) in [7, 11) is 9.60. The number of carbonyl (C=O) groups excluding carboxylic acids is 2. The van der Waals surface area contributed by atoms with E-state index < -0.39 is 0 Å². The first-order valence-corrected chi connectivity index (χ1v) is 32.5. The molecule has 2 N–H and O–H groups in total. The summed E-state index contributed by atoms with van der Waals surface area (Å²) in [5.74, 6) is 1.43. The van der Waals surface area contributed by atoms with Crippen LogP contribution >= 0.6 is 25.3 Å². The Kier molecular flexibility index (Phi) is 205. The number of hydrogen-bond acceptors (Lipinski definition) is 9. The summed E-state index contributed by atoms with van der Waals surface area (Å²) in [5, 5.41) is 5.65. The summed E-state index contributed by atoms with van der Waals surface area (Å²) in [4.78, 5) is 33.8. The third-order valence-electron chi connectivity index (χ3n) is 8.09. The predicted octanol–water partition coefficient (Wildman–Crippen LogP) is 24.5. The number of rotatable bonds is 6. The number of fused-ring (bicyclic) bond motifs is 3. The largest absolute Gasteiger partial charge is 0.310 e. The second kappa shape index (κ2) is 126. The lowest BCUT2D eigenvalue weighted by molar-refractivity contribution is -0.645.